The molecule has 192 valence electrons. The van der Waals surface area contributed by atoms with E-state index >= 15 is 0 Å². The minimum absolute atomic E-state index is 1.02. The van der Waals surface area contributed by atoms with E-state index < -0.39 is 0 Å². The molecule has 0 nitrogen and oxygen atoms in total. The average molecular weight is 457 g/mol. The summed E-state index contributed by atoms with van der Waals surface area (Å²) in [7, 11) is 0. The molecule has 33 heavy (non-hydrogen) atoms. The van der Waals surface area contributed by atoms with Gasteiger partial charge in [0.1, 0.15) is 0 Å². The molecule has 0 aromatic rings. The van der Waals surface area contributed by atoms with Gasteiger partial charge in [-0.3, -0.25) is 0 Å². The zero-order valence-corrected chi connectivity index (χ0v) is 23.2. The predicted octanol–water partition coefficient (Wildman–Crippen LogP) is 10.7. The summed E-state index contributed by atoms with van der Waals surface area (Å²) in [5.41, 5.74) is 0. The van der Waals surface area contributed by atoms with Crippen molar-refractivity contribution in [1.29, 1.82) is 0 Å². The predicted molar refractivity (Wildman–Crippen MR) is 145 cm³/mol. The van der Waals surface area contributed by atoms with Crippen LogP contribution in [0.5, 0.6) is 0 Å². The Morgan fingerprint density at radius 3 is 1.88 bits per heavy atom. The van der Waals surface area contributed by atoms with Crippen LogP contribution < -0.4 is 0 Å². The summed E-state index contributed by atoms with van der Waals surface area (Å²) in [5, 5.41) is 0. The highest BCUT2D eigenvalue weighted by Crippen LogP contribution is 2.55. The van der Waals surface area contributed by atoms with Crippen molar-refractivity contribution in [3.63, 3.8) is 0 Å². The lowest BCUT2D eigenvalue weighted by atomic mass is 9.56. The van der Waals surface area contributed by atoms with E-state index in [4.69, 9.17) is 0 Å². The summed E-state index contributed by atoms with van der Waals surface area (Å²) >= 11 is 0. The topological polar surface area (TPSA) is 0 Å². The molecule has 0 radical (unpaired) electrons. The zero-order valence-electron chi connectivity index (χ0n) is 23.2. The minimum atomic E-state index is 1.02. The van der Waals surface area contributed by atoms with Crippen molar-refractivity contribution >= 4 is 0 Å². The fourth-order valence-corrected chi connectivity index (χ4v) is 9.79. The van der Waals surface area contributed by atoms with Gasteiger partial charge in [0, 0.05) is 0 Å². The molecule has 0 aromatic heterocycles. The Morgan fingerprint density at radius 2 is 1.21 bits per heavy atom. The van der Waals surface area contributed by atoms with Gasteiger partial charge in [-0.2, -0.15) is 0 Å². The maximum atomic E-state index is 2.60. The molecule has 0 amide bonds. The van der Waals surface area contributed by atoms with Crippen molar-refractivity contribution < 1.29 is 0 Å². The minimum Gasteiger partial charge on any atom is -0.0654 e. The third-order valence-electron chi connectivity index (χ3n) is 11.7. The normalized spacial score (nSPS) is 44.2. The van der Waals surface area contributed by atoms with E-state index in [0.717, 1.165) is 59.2 Å². The first kappa shape index (κ1) is 26.1. The highest BCUT2D eigenvalue weighted by molar-refractivity contribution is 4.96. The van der Waals surface area contributed by atoms with Gasteiger partial charge in [-0.25, -0.2) is 0 Å². The molecule has 5 rings (SSSR count). The van der Waals surface area contributed by atoms with Gasteiger partial charge in [-0.05, 0) is 104 Å². The molecule has 5 aliphatic rings. The molecule has 5 saturated carbocycles. The van der Waals surface area contributed by atoms with Crippen LogP contribution in [0.3, 0.4) is 0 Å². The molecule has 0 saturated heterocycles. The fourth-order valence-electron chi connectivity index (χ4n) is 9.79. The Labute approximate surface area is 208 Å². The number of rotatable bonds is 5. The highest BCUT2D eigenvalue weighted by Gasteiger charge is 2.47. The highest BCUT2D eigenvalue weighted by atomic mass is 14.5. The Balaban J connectivity index is 0.000000172. The van der Waals surface area contributed by atoms with Crippen LogP contribution in [0.15, 0.2) is 0 Å². The van der Waals surface area contributed by atoms with Crippen LogP contribution in [0.25, 0.3) is 0 Å². The third-order valence-corrected chi connectivity index (χ3v) is 11.7. The van der Waals surface area contributed by atoms with Crippen molar-refractivity contribution in [3.8, 4) is 0 Å². The van der Waals surface area contributed by atoms with E-state index in [1.165, 1.54) is 51.4 Å². The quantitative estimate of drug-likeness (QED) is 0.386. The van der Waals surface area contributed by atoms with Crippen molar-refractivity contribution in [2.24, 2.45) is 59.2 Å². The second-order valence-corrected chi connectivity index (χ2v) is 14.0. The molecule has 0 heteroatoms. The summed E-state index contributed by atoms with van der Waals surface area (Å²) in [6, 6.07) is 0. The average Bonchev–Trinajstić information content (AvgIpc) is 3.47. The lowest BCUT2D eigenvalue weighted by molar-refractivity contribution is 0.00254. The Hall–Kier alpha value is 0. The second kappa shape index (κ2) is 12.8. The first-order valence-electron chi connectivity index (χ1n) is 16.1. The Bertz CT molecular complexity index is 536. The molecule has 0 aromatic carbocycles. The summed E-state index contributed by atoms with van der Waals surface area (Å²) in [4.78, 5) is 0. The third kappa shape index (κ3) is 6.82. The largest absolute Gasteiger partial charge is 0.0654 e. The standard InChI is InChI=1S/C20H36.C13H24/c1-3-4-12-18-15(2)14-17-11-8-13-19(17)20(18)16-9-6-5-7-10-16;1-10-3-6-12(7-4-10)13-8-5-11(2)9-13/h15-20H,3-14H2,1-2H3;10-13H,3-9H2,1-2H3. The van der Waals surface area contributed by atoms with Crippen LogP contribution in [0, 0.1) is 59.2 Å². The molecule has 7 unspecified atom stereocenters. The van der Waals surface area contributed by atoms with E-state index in [1.807, 2.05) is 0 Å². The molecule has 7 atom stereocenters. The van der Waals surface area contributed by atoms with Crippen molar-refractivity contribution in [2.75, 3.05) is 0 Å². The monoisotopic (exact) mass is 456 g/mol. The van der Waals surface area contributed by atoms with E-state index in [9.17, 15) is 0 Å². The van der Waals surface area contributed by atoms with Crippen LogP contribution in [0.4, 0.5) is 0 Å². The van der Waals surface area contributed by atoms with Crippen LogP contribution in [0.1, 0.15) is 150 Å². The van der Waals surface area contributed by atoms with Gasteiger partial charge in [0.25, 0.3) is 0 Å². The molecular formula is C33H60. The molecule has 5 aliphatic carbocycles. The van der Waals surface area contributed by atoms with E-state index in [1.54, 1.807) is 70.6 Å². The molecule has 5 fully saturated rings. The Kier molecular flexibility index (Phi) is 10.1. The maximum Gasteiger partial charge on any atom is -0.0324 e. The molecule has 0 N–H and O–H groups in total. The summed E-state index contributed by atoms with van der Waals surface area (Å²) in [6.45, 7) is 9.84. The van der Waals surface area contributed by atoms with Crippen molar-refractivity contribution in [3.05, 3.63) is 0 Å². The maximum absolute atomic E-state index is 2.60. The first-order chi connectivity index (χ1) is 16.1. The van der Waals surface area contributed by atoms with Crippen LogP contribution in [-0.4, -0.2) is 0 Å². The Morgan fingerprint density at radius 1 is 0.545 bits per heavy atom. The number of unbranched alkanes of at least 4 members (excludes halogenated alkanes) is 1. The van der Waals surface area contributed by atoms with E-state index in [0.29, 0.717) is 0 Å². The molecule has 0 aliphatic heterocycles. The van der Waals surface area contributed by atoms with Gasteiger partial charge in [0.2, 0.25) is 0 Å². The molecule has 0 spiro atoms. The number of hydrogen-bond acceptors (Lipinski definition) is 0. The van der Waals surface area contributed by atoms with Gasteiger partial charge >= 0.3 is 0 Å². The second-order valence-electron chi connectivity index (χ2n) is 14.0. The fraction of sp³-hybridized carbons (Fsp3) is 1.00. The lowest BCUT2D eigenvalue weighted by Gasteiger charge is -2.49. The number of hydrogen-bond donors (Lipinski definition) is 0. The lowest BCUT2D eigenvalue weighted by Crippen LogP contribution is -2.41. The van der Waals surface area contributed by atoms with Crippen LogP contribution in [0.2, 0.25) is 0 Å². The first-order valence-corrected chi connectivity index (χ1v) is 16.1. The molecule has 0 bridgehead atoms. The van der Waals surface area contributed by atoms with Gasteiger partial charge in [0.15, 0.2) is 0 Å². The van der Waals surface area contributed by atoms with Gasteiger partial charge in [-0.1, -0.05) is 105 Å². The van der Waals surface area contributed by atoms with Gasteiger partial charge in [-0.15, -0.1) is 0 Å². The summed E-state index contributed by atoms with van der Waals surface area (Å²) in [6.07, 6.45) is 29.1. The zero-order chi connectivity index (χ0) is 23.2. The van der Waals surface area contributed by atoms with Crippen molar-refractivity contribution in [1.82, 2.24) is 0 Å². The van der Waals surface area contributed by atoms with Gasteiger partial charge < -0.3 is 0 Å². The summed E-state index contributed by atoms with van der Waals surface area (Å²) in [5.74, 6) is 10.9. The van der Waals surface area contributed by atoms with E-state index in [2.05, 4.69) is 27.7 Å². The molecule has 0 heterocycles. The smallest absolute Gasteiger partial charge is 0.0324 e. The van der Waals surface area contributed by atoms with Crippen LogP contribution >= 0.6 is 0 Å². The van der Waals surface area contributed by atoms with E-state index in [-0.39, 0.29) is 0 Å². The summed E-state index contributed by atoms with van der Waals surface area (Å²) < 4.78 is 0. The SMILES string of the molecule is CC1CCC(C2CCC(C)C2)CC1.CCCCC1C(C)CC2CCCC2C1C1CCCCC1. The molecular weight excluding hydrogens is 396 g/mol. The van der Waals surface area contributed by atoms with Gasteiger partial charge in [0.05, 0.1) is 0 Å². The van der Waals surface area contributed by atoms with Crippen LogP contribution in [-0.2, 0) is 0 Å². The van der Waals surface area contributed by atoms with Crippen molar-refractivity contribution in [2.45, 2.75) is 150 Å². The number of fused-ring (bicyclic) bond motifs is 1.